The van der Waals surface area contributed by atoms with Crippen LogP contribution in [0, 0.1) is 0 Å². The lowest BCUT2D eigenvalue weighted by Crippen LogP contribution is -2.25. The van der Waals surface area contributed by atoms with E-state index in [0.29, 0.717) is 19.3 Å². The number of Topliss-reactive ketones (excluding diaryl/α,β-unsaturated/α-hetero) is 1. The van der Waals surface area contributed by atoms with E-state index in [0.717, 1.165) is 0 Å². The van der Waals surface area contributed by atoms with Gasteiger partial charge in [0.2, 0.25) is 0 Å². The number of hydrogen-bond acceptors (Lipinski definition) is 6. The van der Waals surface area contributed by atoms with E-state index in [1.807, 2.05) is 0 Å². The molecule has 1 unspecified atom stereocenters. The van der Waals surface area contributed by atoms with Crippen molar-refractivity contribution in [1.29, 1.82) is 0 Å². The maximum Gasteiger partial charge on any atom is 0.161 e. The first-order valence-electron chi connectivity index (χ1n) is 5.91. The van der Waals surface area contributed by atoms with Crippen molar-refractivity contribution in [3.63, 3.8) is 0 Å². The molecule has 18 heavy (non-hydrogen) atoms. The Morgan fingerprint density at radius 1 is 0.889 bits per heavy atom. The number of rotatable bonds is 11. The zero-order valence-electron chi connectivity index (χ0n) is 11.5. The topological polar surface area (TPSA) is 74.2 Å². The summed E-state index contributed by atoms with van der Waals surface area (Å²) < 4.78 is 19.9. The minimum absolute atomic E-state index is 0.220. The third-order valence-corrected chi connectivity index (χ3v) is 2.73. The molecule has 0 aliphatic carbocycles. The third-order valence-electron chi connectivity index (χ3n) is 2.73. The van der Waals surface area contributed by atoms with Gasteiger partial charge < -0.3 is 24.1 Å². The van der Waals surface area contributed by atoms with Crippen molar-refractivity contribution in [2.24, 2.45) is 0 Å². The predicted octanol–water partition coefficient (Wildman–Crippen LogP) is 0.715. The Kier molecular flexibility index (Phi) is 10.1. The molecule has 0 aliphatic heterocycles. The van der Waals surface area contributed by atoms with E-state index in [9.17, 15) is 9.90 Å². The first kappa shape index (κ1) is 17.5. The van der Waals surface area contributed by atoms with Crippen molar-refractivity contribution in [1.82, 2.24) is 0 Å². The average Bonchev–Trinajstić information content (AvgIpc) is 2.40. The van der Waals surface area contributed by atoms with Crippen LogP contribution in [0.15, 0.2) is 0 Å². The Balaban J connectivity index is 3.88. The van der Waals surface area contributed by atoms with E-state index in [-0.39, 0.29) is 12.2 Å². The number of ketones is 1. The first-order chi connectivity index (χ1) is 8.58. The van der Waals surface area contributed by atoms with Gasteiger partial charge in [0.25, 0.3) is 0 Å². The van der Waals surface area contributed by atoms with Gasteiger partial charge in [0.05, 0.1) is 0 Å². The molecular formula is C12H24O6. The number of methoxy groups -OCH3 is 4. The van der Waals surface area contributed by atoms with Crippen molar-refractivity contribution in [2.75, 3.05) is 28.4 Å². The van der Waals surface area contributed by atoms with Gasteiger partial charge in [-0.25, -0.2) is 0 Å². The summed E-state index contributed by atoms with van der Waals surface area (Å²) in [6.45, 7) is 0. The highest BCUT2D eigenvalue weighted by Crippen LogP contribution is 2.10. The summed E-state index contributed by atoms with van der Waals surface area (Å²) in [5, 5.41) is 9.67. The van der Waals surface area contributed by atoms with Crippen molar-refractivity contribution < 1.29 is 28.8 Å². The van der Waals surface area contributed by atoms with E-state index in [2.05, 4.69) is 0 Å². The van der Waals surface area contributed by atoms with E-state index >= 15 is 0 Å². The number of aliphatic hydroxyl groups excluding tert-OH is 1. The monoisotopic (exact) mass is 264 g/mol. The molecule has 0 aromatic carbocycles. The predicted molar refractivity (Wildman–Crippen MR) is 65.1 cm³/mol. The molecule has 0 aromatic rings. The number of aliphatic hydroxyl groups is 1. The highest BCUT2D eigenvalue weighted by molar-refractivity contribution is 5.82. The molecule has 0 radical (unpaired) electrons. The molecule has 0 heterocycles. The summed E-state index contributed by atoms with van der Waals surface area (Å²) >= 11 is 0. The molecule has 108 valence electrons. The van der Waals surface area contributed by atoms with Crippen LogP contribution in [0.3, 0.4) is 0 Å². The van der Waals surface area contributed by atoms with Crippen LogP contribution in [0.1, 0.15) is 25.7 Å². The molecule has 0 spiro atoms. The maximum atomic E-state index is 11.6. The van der Waals surface area contributed by atoms with E-state index < -0.39 is 18.7 Å². The lowest BCUT2D eigenvalue weighted by atomic mass is 10.1. The second kappa shape index (κ2) is 10.4. The Bertz CT molecular complexity index is 213. The highest BCUT2D eigenvalue weighted by atomic mass is 16.7. The number of carbonyl (C=O) groups excluding carboxylic acids is 1. The zero-order valence-corrected chi connectivity index (χ0v) is 11.5. The molecule has 1 atom stereocenters. The Morgan fingerprint density at radius 3 is 1.78 bits per heavy atom. The summed E-state index contributed by atoms with van der Waals surface area (Å²) in [7, 11) is 6.06. The van der Waals surface area contributed by atoms with Crippen LogP contribution in [0.5, 0.6) is 0 Å². The lowest BCUT2D eigenvalue weighted by Gasteiger charge is -2.16. The van der Waals surface area contributed by atoms with Crippen molar-refractivity contribution >= 4 is 5.78 Å². The second-order valence-electron chi connectivity index (χ2n) is 3.90. The second-order valence-corrected chi connectivity index (χ2v) is 3.90. The largest absolute Gasteiger partial charge is 0.385 e. The molecular weight excluding hydrogens is 240 g/mol. The molecule has 6 heteroatoms. The third kappa shape index (κ3) is 7.03. The standard InChI is InChI=1S/C12H24O6/c1-15-11(16-2)7-5-9(13)10(14)6-8-12(17-3)18-4/h9,11-13H,5-8H2,1-4H3. The SMILES string of the molecule is COC(CCC(=O)C(O)CCC(OC)OC)OC. The molecule has 0 bridgehead atoms. The van der Waals surface area contributed by atoms with Gasteiger partial charge in [0.15, 0.2) is 18.4 Å². The number of ether oxygens (including phenoxy) is 4. The molecule has 0 rings (SSSR count). The summed E-state index contributed by atoms with van der Waals surface area (Å²) in [6, 6.07) is 0. The van der Waals surface area contributed by atoms with Crippen LogP contribution in [-0.2, 0) is 23.7 Å². The van der Waals surface area contributed by atoms with Crippen LogP contribution in [-0.4, -0.2) is 58.0 Å². The van der Waals surface area contributed by atoms with Gasteiger partial charge in [-0.15, -0.1) is 0 Å². The summed E-state index contributed by atoms with van der Waals surface area (Å²) in [6.07, 6.45) is -0.357. The average molecular weight is 264 g/mol. The van der Waals surface area contributed by atoms with E-state index in [1.165, 1.54) is 28.4 Å². The van der Waals surface area contributed by atoms with Gasteiger partial charge >= 0.3 is 0 Å². The zero-order chi connectivity index (χ0) is 14.0. The van der Waals surface area contributed by atoms with Crippen molar-refractivity contribution in [3.8, 4) is 0 Å². The normalized spacial score (nSPS) is 13.3. The van der Waals surface area contributed by atoms with Crippen molar-refractivity contribution in [2.45, 2.75) is 44.4 Å². The van der Waals surface area contributed by atoms with Gasteiger partial charge in [-0.05, 0) is 6.42 Å². The minimum Gasteiger partial charge on any atom is -0.385 e. The smallest absolute Gasteiger partial charge is 0.161 e. The molecule has 0 aliphatic rings. The van der Waals surface area contributed by atoms with Gasteiger partial charge in [-0.1, -0.05) is 0 Å². The van der Waals surface area contributed by atoms with E-state index in [1.54, 1.807) is 0 Å². The summed E-state index contributed by atoms with van der Waals surface area (Å²) in [5.74, 6) is -0.222. The number of hydrogen-bond donors (Lipinski definition) is 1. The van der Waals surface area contributed by atoms with Crippen LogP contribution in [0.4, 0.5) is 0 Å². The molecule has 0 aromatic heterocycles. The van der Waals surface area contributed by atoms with Crippen LogP contribution in [0.2, 0.25) is 0 Å². The number of carbonyl (C=O) groups is 1. The maximum absolute atomic E-state index is 11.6. The highest BCUT2D eigenvalue weighted by Gasteiger charge is 2.18. The molecule has 6 nitrogen and oxygen atoms in total. The summed E-state index contributed by atoms with van der Waals surface area (Å²) in [5.41, 5.74) is 0. The molecule has 1 N–H and O–H groups in total. The Hall–Kier alpha value is -0.530. The van der Waals surface area contributed by atoms with Crippen molar-refractivity contribution in [3.05, 3.63) is 0 Å². The fourth-order valence-electron chi connectivity index (χ4n) is 1.55. The summed E-state index contributed by atoms with van der Waals surface area (Å²) in [4.78, 5) is 11.6. The van der Waals surface area contributed by atoms with Crippen LogP contribution >= 0.6 is 0 Å². The van der Waals surface area contributed by atoms with Gasteiger partial charge in [0.1, 0.15) is 6.10 Å². The van der Waals surface area contributed by atoms with E-state index in [4.69, 9.17) is 18.9 Å². The molecule has 0 fully saturated rings. The minimum atomic E-state index is -0.993. The fraction of sp³-hybridized carbons (Fsp3) is 0.917. The Labute approximate surface area is 108 Å². The molecule has 0 saturated carbocycles. The first-order valence-corrected chi connectivity index (χ1v) is 5.91. The lowest BCUT2D eigenvalue weighted by molar-refractivity contribution is -0.136. The fourth-order valence-corrected chi connectivity index (χ4v) is 1.55. The van der Waals surface area contributed by atoms with Gasteiger partial charge in [-0.2, -0.15) is 0 Å². The quantitative estimate of drug-likeness (QED) is 0.554. The van der Waals surface area contributed by atoms with Gasteiger partial charge in [-0.3, -0.25) is 4.79 Å². The van der Waals surface area contributed by atoms with Gasteiger partial charge in [0, 0.05) is 47.7 Å². The molecule has 0 saturated heterocycles. The Morgan fingerprint density at radius 2 is 1.33 bits per heavy atom. The van der Waals surface area contributed by atoms with Crippen LogP contribution < -0.4 is 0 Å². The molecule has 0 amide bonds. The van der Waals surface area contributed by atoms with Crippen LogP contribution in [0.25, 0.3) is 0 Å².